The van der Waals surface area contributed by atoms with Crippen molar-refractivity contribution in [2.75, 3.05) is 6.54 Å². The van der Waals surface area contributed by atoms with Crippen LogP contribution in [-0.2, 0) is 4.79 Å². The van der Waals surface area contributed by atoms with E-state index in [1.807, 2.05) is 61.3 Å². The first-order valence-corrected chi connectivity index (χ1v) is 11.3. The predicted octanol–water partition coefficient (Wildman–Crippen LogP) is 5.47. The number of hydrogen-bond acceptors (Lipinski definition) is 4. The van der Waals surface area contributed by atoms with Gasteiger partial charge in [0.2, 0.25) is 5.91 Å². The van der Waals surface area contributed by atoms with E-state index in [1.54, 1.807) is 11.3 Å². The Labute approximate surface area is 181 Å². The molecule has 1 amide bonds. The minimum atomic E-state index is -0.0519. The second-order valence-electron chi connectivity index (χ2n) is 7.90. The average Bonchev–Trinajstić information content (AvgIpc) is 3.39. The van der Waals surface area contributed by atoms with E-state index in [0.717, 1.165) is 58.2 Å². The van der Waals surface area contributed by atoms with Gasteiger partial charge in [0.05, 0.1) is 17.9 Å². The van der Waals surface area contributed by atoms with Gasteiger partial charge in [0.25, 0.3) is 0 Å². The lowest BCUT2D eigenvalue weighted by Crippen LogP contribution is -2.39. The number of H-pyrrole nitrogens is 1. The zero-order chi connectivity index (χ0) is 21.1. The number of thiophene rings is 1. The minimum absolute atomic E-state index is 0.0373. The van der Waals surface area contributed by atoms with Crippen molar-refractivity contribution in [2.24, 2.45) is 0 Å². The van der Waals surface area contributed by atoms with Crippen molar-refractivity contribution in [3.8, 4) is 11.3 Å². The highest BCUT2D eigenvalue weighted by Crippen LogP contribution is 2.31. The van der Waals surface area contributed by atoms with E-state index < -0.39 is 0 Å². The normalized spacial score (nSPS) is 16.6. The molecule has 2 aromatic heterocycles. The van der Waals surface area contributed by atoms with Gasteiger partial charge in [-0.15, -0.1) is 11.3 Å². The molecule has 5 nitrogen and oxygen atoms in total. The highest BCUT2D eigenvalue weighted by Gasteiger charge is 2.30. The number of amides is 1. The van der Waals surface area contributed by atoms with E-state index in [0.29, 0.717) is 0 Å². The van der Waals surface area contributed by atoms with Crippen LogP contribution in [0.3, 0.4) is 0 Å². The van der Waals surface area contributed by atoms with Crippen LogP contribution in [-0.4, -0.2) is 33.1 Å². The Kier molecular flexibility index (Phi) is 6.13. The highest BCUT2D eigenvalue weighted by molar-refractivity contribution is 7.12. The summed E-state index contributed by atoms with van der Waals surface area (Å²) in [5, 5.41) is 0. The molecule has 1 fully saturated rings. The number of carbonyl (C=O) groups excluding carboxylic acids is 2. The van der Waals surface area contributed by atoms with Crippen molar-refractivity contribution in [2.45, 2.75) is 52.0 Å². The number of carbonyl (C=O) groups is 2. The van der Waals surface area contributed by atoms with Gasteiger partial charge in [0.1, 0.15) is 5.82 Å². The molecule has 1 N–H and O–H groups in total. The Morgan fingerprint density at radius 1 is 1.17 bits per heavy atom. The number of aromatic amines is 1. The van der Waals surface area contributed by atoms with Crippen LogP contribution in [0.5, 0.6) is 0 Å². The van der Waals surface area contributed by atoms with E-state index in [-0.39, 0.29) is 30.6 Å². The van der Waals surface area contributed by atoms with Gasteiger partial charge in [-0.2, -0.15) is 0 Å². The number of imidazole rings is 1. The number of aromatic nitrogens is 2. The second-order valence-corrected chi connectivity index (χ2v) is 9.36. The van der Waals surface area contributed by atoms with Crippen LogP contribution >= 0.6 is 11.3 Å². The maximum Gasteiger partial charge on any atom is 0.223 e. The summed E-state index contributed by atoms with van der Waals surface area (Å²) in [7, 11) is 0. The van der Waals surface area contributed by atoms with Crippen LogP contribution < -0.4 is 0 Å². The predicted molar refractivity (Wildman–Crippen MR) is 120 cm³/mol. The number of rotatable bonds is 6. The summed E-state index contributed by atoms with van der Waals surface area (Å²) < 4.78 is 0. The second kappa shape index (κ2) is 8.96. The maximum absolute atomic E-state index is 13.0. The molecule has 0 radical (unpaired) electrons. The summed E-state index contributed by atoms with van der Waals surface area (Å²) in [6.45, 7) is 4.69. The van der Waals surface area contributed by atoms with Gasteiger partial charge in [-0.3, -0.25) is 9.59 Å². The van der Waals surface area contributed by atoms with Crippen LogP contribution in [0.25, 0.3) is 11.3 Å². The Balaban J connectivity index is 1.44. The minimum Gasteiger partial charge on any atom is -0.340 e. The number of aryl methyl sites for hydroxylation is 2. The third kappa shape index (κ3) is 4.38. The van der Waals surface area contributed by atoms with Gasteiger partial charge in [-0.1, -0.05) is 30.3 Å². The van der Waals surface area contributed by atoms with Crippen molar-refractivity contribution >= 4 is 23.0 Å². The summed E-state index contributed by atoms with van der Waals surface area (Å²) in [6.07, 6.45) is 5.30. The van der Waals surface area contributed by atoms with Gasteiger partial charge in [0, 0.05) is 34.7 Å². The number of ketones is 1. The number of nitrogens with one attached hydrogen (secondary N) is 1. The van der Waals surface area contributed by atoms with Crippen LogP contribution in [0.15, 0.2) is 42.6 Å². The standard InChI is InChI=1S/C24H27N3O2S/c1-16-14-19(17(2)30-16)22(28)11-12-23(29)27-13-7-6-10-21(27)24-25-15-20(26-24)18-8-4-3-5-9-18/h3-5,8-9,14-15,21H,6-7,10-13H2,1-2H3,(H,25,26)/t21-/m1/s1. The molecule has 1 atom stereocenters. The van der Waals surface area contributed by atoms with E-state index >= 15 is 0 Å². The van der Waals surface area contributed by atoms with Crippen LogP contribution in [0, 0.1) is 13.8 Å². The molecule has 1 aromatic carbocycles. The molecule has 1 saturated heterocycles. The molecule has 0 spiro atoms. The van der Waals surface area contributed by atoms with Gasteiger partial charge in [0.15, 0.2) is 5.78 Å². The number of piperidine rings is 1. The number of hydrogen-bond donors (Lipinski definition) is 1. The molecule has 1 aliphatic rings. The van der Waals surface area contributed by atoms with Crippen LogP contribution in [0.1, 0.15) is 64.1 Å². The molecule has 3 aromatic rings. The topological polar surface area (TPSA) is 66.1 Å². The first-order valence-electron chi connectivity index (χ1n) is 10.5. The third-order valence-electron chi connectivity index (χ3n) is 5.73. The van der Waals surface area contributed by atoms with E-state index in [2.05, 4.69) is 9.97 Å². The average molecular weight is 422 g/mol. The fourth-order valence-corrected chi connectivity index (χ4v) is 5.13. The fraction of sp³-hybridized carbons (Fsp3) is 0.375. The first kappa shape index (κ1) is 20.5. The SMILES string of the molecule is Cc1cc(C(=O)CCC(=O)N2CCCC[C@@H]2c2ncc(-c3ccccc3)[nH]2)c(C)s1. The van der Waals surface area contributed by atoms with Crippen molar-refractivity contribution in [3.63, 3.8) is 0 Å². The Hall–Kier alpha value is -2.73. The van der Waals surface area contributed by atoms with E-state index in [9.17, 15) is 9.59 Å². The summed E-state index contributed by atoms with van der Waals surface area (Å²) in [6, 6.07) is 12.0. The molecule has 30 heavy (non-hydrogen) atoms. The molecular weight excluding hydrogens is 394 g/mol. The smallest absolute Gasteiger partial charge is 0.223 e. The molecule has 6 heteroatoms. The monoisotopic (exact) mass is 421 g/mol. The number of likely N-dealkylation sites (tertiary alicyclic amines) is 1. The van der Waals surface area contributed by atoms with Crippen LogP contribution in [0.2, 0.25) is 0 Å². The lowest BCUT2D eigenvalue weighted by Gasteiger charge is -2.34. The molecule has 0 bridgehead atoms. The van der Waals surface area contributed by atoms with Crippen molar-refractivity contribution in [1.82, 2.24) is 14.9 Å². The Morgan fingerprint density at radius 3 is 2.70 bits per heavy atom. The van der Waals surface area contributed by atoms with Gasteiger partial charge < -0.3 is 9.88 Å². The third-order valence-corrected chi connectivity index (χ3v) is 6.69. The summed E-state index contributed by atoms with van der Waals surface area (Å²) >= 11 is 1.63. The lowest BCUT2D eigenvalue weighted by atomic mass is 10.00. The summed E-state index contributed by atoms with van der Waals surface area (Å²) in [4.78, 5) is 37.7. The number of Topliss-reactive ketones (excluding diaryl/α,β-unsaturated/α-hetero) is 1. The molecule has 3 heterocycles. The Morgan fingerprint density at radius 2 is 1.97 bits per heavy atom. The summed E-state index contributed by atoms with van der Waals surface area (Å²) in [5.74, 6) is 0.927. The van der Waals surface area contributed by atoms with E-state index in [1.165, 1.54) is 0 Å². The number of benzene rings is 1. The van der Waals surface area contributed by atoms with Crippen molar-refractivity contribution in [1.29, 1.82) is 0 Å². The quantitative estimate of drug-likeness (QED) is 0.537. The zero-order valence-corrected chi connectivity index (χ0v) is 18.3. The molecule has 1 aliphatic heterocycles. The molecule has 0 aliphatic carbocycles. The molecular formula is C24H27N3O2S. The van der Waals surface area contributed by atoms with Crippen molar-refractivity contribution in [3.05, 3.63) is 63.7 Å². The van der Waals surface area contributed by atoms with Crippen LogP contribution in [0.4, 0.5) is 0 Å². The largest absolute Gasteiger partial charge is 0.340 e. The zero-order valence-electron chi connectivity index (χ0n) is 17.5. The maximum atomic E-state index is 13.0. The molecule has 0 unspecified atom stereocenters. The fourth-order valence-electron chi connectivity index (χ4n) is 4.19. The Bertz CT molecular complexity index is 1040. The van der Waals surface area contributed by atoms with Gasteiger partial charge >= 0.3 is 0 Å². The molecule has 4 rings (SSSR count). The number of nitrogens with zero attached hydrogens (tertiary/aromatic N) is 2. The molecule has 0 saturated carbocycles. The molecule has 156 valence electrons. The first-order chi connectivity index (χ1) is 14.5. The van der Waals surface area contributed by atoms with E-state index in [4.69, 9.17) is 0 Å². The lowest BCUT2D eigenvalue weighted by molar-refractivity contribution is -0.135. The van der Waals surface area contributed by atoms with Gasteiger partial charge in [-0.25, -0.2) is 4.98 Å². The highest BCUT2D eigenvalue weighted by atomic mass is 32.1. The van der Waals surface area contributed by atoms with Gasteiger partial charge in [-0.05, 0) is 44.7 Å². The summed E-state index contributed by atoms with van der Waals surface area (Å²) in [5.41, 5.74) is 2.80. The van der Waals surface area contributed by atoms with Crippen molar-refractivity contribution < 1.29 is 9.59 Å².